The highest BCUT2D eigenvalue weighted by molar-refractivity contribution is 7.99. The quantitative estimate of drug-likeness (QED) is 0.851. The Kier molecular flexibility index (Phi) is 4.45. The van der Waals surface area contributed by atoms with Crippen LogP contribution in [0.25, 0.3) is 0 Å². The number of carbonyl (C=O) groups excluding carboxylic acids is 1. The smallest absolute Gasteiger partial charge is 0.238 e. The van der Waals surface area contributed by atoms with E-state index in [1.54, 1.807) is 11.8 Å². The summed E-state index contributed by atoms with van der Waals surface area (Å²) in [5.74, 6) is 1.86. The third-order valence-electron chi connectivity index (χ3n) is 2.93. The van der Waals surface area contributed by atoms with Crippen LogP contribution in [0, 0.1) is 0 Å². The minimum Gasteiger partial charge on any atom is -0.351 e. The molecule has 1 aliphatic rings. The molecule has 3 nitrogen and oxygen atoms in total. The molecule has 2 N–H and O–H groups in total. The van der Waals surface area contributed by atoms with Crippen molar-refractivity contribution in [2.75, 3.05) is 11.6 Å². The van der Waals surface area contributed by atoms with Crippen molar-refractivity contribution in [2.24, 2.45) is 0 Å². The standard InChI is InChI=1S/C13H18N2OS/c1-2-10-3-5-11(6-4-10)7-14-13(16)12-8-17-9-15-12/h3-6,12,15H,2,7-9H2,1H3,(H,14,16). The van der Waals surface area contributed by atoms with E-state index in [1.165, 1.54) is 5.56 Å². The van der Waals surface area contributed by atoms with E-state index in [9.17, 15) is 4.79 Å². The molecule has 1 amide bonds. The second kappa shape index (κ2) is 6.07. The summed E-state index contributed by atoms with van der Waals surface area (Å²) in [6.45, 7) is 2.76. The lowest BCUT2D eigenvalue weighted by Gasteiger charge is -2.10. The predicted molar refractivity (Wildman–Crippen MR) is 71.9 cm³/mol. The molecule has 92 valence electrons. The molecular formula is C13H18N2OS. The highest BCUT2D eigenvalue weighted by atomic mass is 32.2. The average Bonchev–Trinajstić information content (AvgIpc) is 2.90. The Morgan fingerprint density at radius 2 is 2.12 bits per heavy atom. The Labute approximate surface area is 106 Å². The summed E-state index contributed by atoms with van der Waals surface area (Å²) in [6.07, 6.45) is 1.05. The lowest BCUT2D eigenvalue weighted by molar-refractivity contribution is -0.122. The second-order valence-electron chi connectivity index (χ2n) is 4.16. The molecule has 1 heterocycles. The molecule has 0 aromatic heterocycles. The van der Waals surface area contributed by atoms with E-state index in [1.807, 2.05) is 0 Å². The van der Waals surface area contributed by atoms with E-state index < -0.39 is 0 Å². The van der Waals surface area contributed by atoms with E-state index in [2.05, 4.69) is 41.8 Å². The Hall–Kier alpha value is -1.00. The highest BCUT2D eigenvalue weighted by Gasteiger charge is 2.21. The summed E-state index contributed by atoms with van der Waals surface area (Å²) in [5.41, 5.74) is 2.48. The molecule has 0 aliphatic carbocycles. The predicted octanol–water partition coefficient (Wildman–Crippen LogP) is 1.53. The molecule has 0 bridgehead atoms. The molecule has 17 heavy (non-hydrogen) atoms. The number of hydrogen-bond donors (Lipinski definition) is 2. The maximum absolute atomic E-state index is 11.8. The van der Waals surface area contributed by atoms with Crippen molar-refractivity contribution in [1.29, 1.82) is 0 Å². The average molecular weight is 250 g/mol. The first-order valence-corrected chi connectivity index (χ1v) is 7.11. The number of rotatable bonds is 4. The van der Waals surface area contributed by atoms with Crippen LogP contribution in [0.15, 0.2) is 24.3 Å². The summed E-state index contributed by atoms with van der Waals surface area (Å²) in [5, 5.41) is 6.13. The third kappa shape index (κ3) is 3.48. The van der Waals surface area contributed by atoms with E-state index in [4.69, 9.17) is 0 Å². The van der Waals surface area contributed by atoms with E-state index >= 15 is 0 Å². The van der Waals surface area contributed by atoms with Crippen molar-refractivity contribution in [2.45, 2.75) is 25.9 Å². The third-order valence-corrected chi connectivity index (χ3v) is 3.87. The van der Waals surface area contributed by atoms with Gasteiger partial charge in [-0.25, -0.2) is 0 Å². The Morgan fingerprint density at radius 1 is 1.41 bits per heavy atom. The van der Waals surface area contributed by atoms with Crippen LogP contribution in [0.1, 0.15) is 18.1 Å². The second-order valence-corrected chi connectivity index (χ2v) is 5.19. The van der Waals surface area contributed by atoms with Crippen LogP contribution in [0.5, 0.6) is 0 Å². The lowest BCUT2D eigenvalue weighted by Crippen LogP contribution is -2.41. The van der Waals surface area contributed by atoms with Gasteiger partial charge in [0.05, 0.1) is 6.04 Å². The Morgan fingerprint density at radius 3 is 2.71 bits per heavy atom. The van der Waals surface area contributed by atoms with Gasteiger partial charge in [-0.15, -0.1) is 11.8 Å². The molecule has 1 aromatic rings. The largest absolute Gasteiger partial charge is 0.351 e. The van der Waals surface area contributed by atoms with Crippen LogP contribution in [-0.4, -0.2) is 23.6 Å². The van der Waals surface area contributed by atoms with Crippen molar-refractivity contribution in [3.63, 3.8) is 0 Å². The van der Waals surface area contributed by atoms with Gasteiger partial charge >= 0.3 is 0 Å². The highest BCUT2D eigenvalue weighted by Crippen LogP contribution is 2.10. The molecule has 1 saturated heterocycles. The molecule has 2 rings (SSSR count). The monoisotopic (exact) mass is 250 g/mol. The van der Waals surface area contributed by atoms with E-state index in [0.29, 0.717) is 6.54 Å². The number of thioether (sulfide) groups is 1. The van der Waals surface area contributed by atoms with Crippen molar-refractivity contribution in [3.8, 4) is 0 Å². The van der Waals surface area contributed by atoms with Gasteiger partial charge in [-0.05, 0) is 17.5 Å². The number of hydrogen-bond acceptors (Lipinski definition) is 3. The summed E-state index contributed by atoms with van der Waals surface area (Å²) in [7, 11) is 0. The minimum absolute atomic E-state index is 0.0186. The van der Waals surface area contributed by atoms with Crippen LogP contribution < -0.4 is 10.6 Å². The van der Waals surface area contributed by atoms with Gasteiger partial charge in [0.2, 0.25) is 5.91 Å². The summed E-state index contributed by atoms with van der Waals surface area (Å²) in [4.78, 5) is 11.8. The molecule has 1 unspecified atom stereocenters. The van der Waals surface area contributed by atoms with Gasteiger partial charge in [-0.2, -0.15) is 0 Å². The van der Waals surface area contributed by atoms with Gasteiger partial charge in [-0.3, -0.25) is 10.1 Å². The molecule has 1 atom stereocenters. The fourth-order valence-corrected chi connectivity index (χ4v) is 2.71. The van der Waals surface area contributed by atoms with Gasteiger partial charge in [0.15, 0.2) is 0 Å². The maximum atomic E-state index is 11.8. The van der Waals surface area contributed by atoms with Crippen molar-refractivity contribution in [1.82, 2.24) is 10.6 Å². The molecule has 0 radical (unpaired) electrons. The SMILES string of the molecule is CCc1ccc(CNC(=O)C2CSCN2)cc1. The van der Waals surface area contributed by atoms with Gasteiger partial charge < -0.3 is 5.32 Å². The zero-order chi connectivity index (χ0) is 12.1. The van der Waals surface area contributed by atoms with Crippen LogP contribution in [-0.2, 0) is 17.8 Å². The fourth-order valence-electron chi connectivity index (χ4n) is 1.77. The molecular weight excluding hydrogens is 232 g/mol. The number of carbonyl (C=O) groups is 1. The fraction of sp³-hybridized carbons (Fsp3) is 0.462. The van der Waals surface area contributed by atoms with Gasteiger partial charge in [0.25, 0.3) is 0 Å². The Balaban J connectivity index is 1.82. The molecule has 0 saturated carbocycles. The first kappa shape index (κ1) is 12.5. The minimum atomic E-state index is -0.0186. The van der Waals surface area contributed by atoms with Crippen LogP contribution in [0.3, 0.4) is 0 Å². The van der Waals surface area contributed by atoms with Crippen LogP contribution in [0.2, 0.25) is 0 Å². The summed E-state index contributed by atoms with van der Waals surface area (Å²) in [6, 6.07) is 8.37. The number of benzene rings is 1. The lowest BCUT2D eigenvalue weighted by atomic mass is 10.1. The zero-order valence-electron chi connectivity index (χ0n) is 10.0. The van der Waals surface area contributed by atoms with Gasteiger partial charge in [0.1, 0.15) is 0 Å². The maximum Gasteiger partial charge on any atom is 0.238 e. The molecule has 0 spiro atoms. The first-order valence-electron chi connectivity index (χ1n) is 5.96. The first-order chi connectivity index (χ1) is 8.29. The van der Waals surface area contributed by atoms with Crippen LogP contribution in [0.4, 0.5) is 0 Å². The number of amides is 1. The number of aryl methyl sites for hydroxylation is 1. The van der Waals surface area contributed by atoms with E-state index in [-0.39, 0.29) is 11.9 Å². The summed E-state index contributed by atoms with van der Waals surface area (Å²) < 4.78 is 0. The Bertz CT molecular complexity index is 372. The normalized spacial score (nSPS) is 19.2. The van der Waals surface area contributed by atoms with Crippen molar-refractivity contribution < 1.29 is 4.79 Å². The number of nitrogens with one attached hydrogen (secondary N) is 2. The molecule has 1 fully saturated rings. The molecule has 1 aromatic carbocycles. The van der Waals surface area contributed by atoms with Gasteiger partial charge in [-0.1, -0.05) is 31.2 Å². The van der Waals surface area contributed by atoms with Crippen molar-refractivity contribution >= 4 is 17.7 Å². The topological polar surface area (TPSA) is 41.1 Å². The molecule has 1 aliphatic heterocycles. The van der Waals surface area contributed by atoms with Crippen LogP contribution >= 0.6 is 11.8 Å². The van der Waals surface area contributed by atoms with Gasteiger partial charge in [0, 0.05) is 18.2 Å². The molecule has 4 heteroatoms. The van der Waals surface area contributed by atoms with Crippen molar-refractivity contribution in [3.05, 3.63) is 35.4 Å². The van der Waals surface area contributed by atoms with E-state index in [0.717, 1.165) is 23.6 Å². The summed E-state index contributed by atoms with van der Waals surface area (Å²) >= 11 is 1.77. The zero-order valence-corrected chi connectivity index (χ0v) is 10.8.